The molecule has 1 atom stereocenters. The molecule has 0 spiro atoms. The molecule has 2 N–H and O–H groups in total. The minimum absolute atomic E-state index is 0.270. The monoisotopic (exact) mass is 247 g/mol. The van der Waals surface area contributed by atoms with E-state index >= 15 is 0 Å². The smallest absolute Gasteiger partial charge is 0.163 e. The first kappa shape index (κ1) is 14.9. The lowest BCUT2D eigenvalue weighted by molar-refractivity contribution is 0.0972. The van der Waals surface area contributed by atoms with E-state index in [1.165, 1.54) is 0 Å². The summed E-state index contributed by atoms with van der Waals surface area (Å²) in [6.07, 6.45) is 3.73. The van der Waals surface area contributed by atoms with Crippen molar-refractivity contribution in [1.82, 2.24) is 0 Å². The molecule has 1 rings (SSSR count). The maximum Gasteiger partial charge on any atom is 0.163 e. The summed E-state index contributed by atoms with van der Waals surface area (Å²) in [6.45, 7) is 6.92. The van der Waals surface area contributed by atoms with Gasteiger partial charge in [-0.05, 0) is 50.8 Å². The molecule has 1 unspecified atom stereocenters. The average Bonchev–Trinajstić information content (AvgIpc) is 2.37. The minimum atomic E-state index is 0.270. The third-order valence-electron chi connectivity index (χ3n) is 3.63. The van der Waals surface area contributed by atoms with Crippen molar-refractivity contribution >= 4 is 5.78 Å². The van der Waals surface area contributed by atoms with E-state index in [-0.39, 0.29) is 5.78 Å². The van der Waals surface area contributed by atoms with Gasteiger partial charge in [-0.1, -0.05) is 31.0 Å². The van der Waals surface area contributed by atoms with Gasteiger partial charge in [0.05, 0.1) is 0 Å². The SMILES string of the molecule is CCC(CCN)CCC(=O)c1cc(C)ccc1C. The van der Waals surface area contributed by atoms with Crippen LogP contribution in [0.5, 0.6) is 0 Å². The molecule has 2 heteroatoms. The van der Waals surface area contributed by atoms with Crippen molar-refractivity contribution in [2.75, 3.05) is 6.54 Å². The van der Waals surface area contributed by atoms with Crippen LogP contribution in [-0.4, -0.2) is 12.3 Å². The molecule has 1 aromatic carbocycles. The molecule has 1 aromatic rings. The lowest BCUT2D eigenvalue weighted by Crippen LogP contribution is -2.11. The second-order valence-corrected chi connectivity index (χ2v) is 5.13. The second kappa shape index (κ2) is 7.32. The number of Topliss-reactive ketones (excluding diaryl/α,β-unsaturated/α-hetero) is 1. The summed E-state index contributed by atoms with van der Waals surface area (Å²) in [4.78, 5) is 12.2. The largest absolute Gasteiger partial charge is 0.330 e. The summed E-state index contributed by atoms with van der Waals surface area (Å²) in [5.74, 6) is 0.857. The Morgan fingerprint density at radius 1 is 1.28 bits per heavy atom. The second-order valence-electron chi connectivity index (χ2n) is 5.13. The highest BCUT2D eigenvalue weighted by atomic mass is 16.1. The molecule has 0 amide bonds. The molecule has 0 aliphatic heterocycles. The summed E-state index contributed by atoms with van der Waals surface area (Å²) >= 11 is 0. The maximum atomic E-state index is 12.2. The van der Waals surface area contributed by atoms with Gasteiger partial charge < -0.3 is 5.73 Å². The fraction of sp³-hybridized carbons (Fsp3) is 0.562. The molecule has 0 saturated carbocycles. The molecule has 0 radical (unpaired) electrons. The predicted molar refractivity (Wildman–Crippen MR) is 76.9 cm³/mol. The zero-order valence-corrected chi connectivity index (χ0v) is 11.8. The van der Waals surface area contributed by atoms with Gasteiger partial charge in [-0.3, -0.25) is 4.79 Å². The van der Waals surface area contributed by atoms with E-state index in [4.69, 9.17) is 5.73 Å². The molecule has 2 nitrogen and oxygen atoms in total. The van der Waals surface area contributed by atoms with Crippen LogP contribution in [0, 0.1) is 19.8 Å². The number of benzene rings is 1. The summed E-state index contributed by atoms with van der Waals surface area (Å²) < 4.78 is 0. The van der Waals surface area contributed by atoms with E-state index in [1.807, 2.05) is 26.0 Å². The van der Waals surface area contributed by atoms with Gasteiger partial charge in [0.2, 0.25) is 0 Å². The van der Waals surface area contributed by atoms with Crippen LogP contribution in [0.4, 0.5) is 0 Å². The first-order chi connectivity index (χ1) is 8.58. The summed E-state index contributed by atoms with van der Waals surface area (Å²) in [5.41, 5.74) is 8.70. The molecule has 0 bridgehead atoms. The number of ketones is 1. The summed E-state index contributed by atoms with van der Waals surface area (Å²) in [6, 6.07) is 6.08. The lowest BCUT2D eigenvalue weighted by Gasteiger charge is -2.13. The molecule has 18 heavy (non-hydrogen) atoms. The fourth-order valence-corrected chi connectivity index (χ4v) is 2.29. The van der Waals surface area contributed by atoms with E-state index in [9.17, 15) is 4.79 Å². The number of aryl methyl sites for hydroxylation is 2. The van der Waals surface area contributed by atoms with Gasteiger partial charge in [-0.15, -0.1) is 0 Å². The van der Waals surface area contributed by atoms with Crippen LogP contribution in [-0.2, 0) is 0 Å². The Labute approximate surface area is 111 Å². The van der Waals surface area contributed by atoms with Crippen molar-refractivity contribution in [3.63, 3.8) is 0 Å². The van der Waals surface area contributed by atoms with Gasteiger partial charge in [0, 0.05) is 12.0 Å². The predicted octanol–water partition coefficient (Wildman–Crippen LogP) is 3.64. The van der Waals surface area contributed by atoms with Crippen molar-refractivity contribution in [3.8, 4) is 0 Å². The lowest BCUT2D eigenvalue weighted by atomic mass is 9.92. The Balaban J connectivity index is 2.62. The zero-order chi connectivity index (χ0) is 13.5. The molecule has 0 aliphatic rings. The quantitative estimate of drug-likeness (QED) is 0.747. The zero-order valence-electron chi connectivity index (χ0n) is 11.8. The van der Waals surface area contributed by atoms with Gasteiger partial charge in [0.1, 0.15) is 0 Å². The highest BCUT2D eigenvalue weighted by molar-refractivity contribution is 5.97. The van der Waals surface area contributed by atoms with Crippen LogP contribution in [0.3, 0.4) is 0 Å². The van der Waals surface area contributed by atoms with E-state index in [2.05, 4.69) is 13.0 Å². The maximum absolute atomic E-state index is 12.2. The number of carbonyl (C=O) groups excluding carboxylic acids is 1. The average molecular weight is 247 g/mol. The molecule has 0 saturated heterocycles. The third kappa shape index (κ3) is 4.26. The number of hydrogen-bond donors (Lipinski definition) is 1. The Morgan fingerprint density at radius 2 is 2.00 bits per heavy atom. The molecule has 100 valence electrons. The van der Waals surface area contributed by atoms with Crippen LogP contribution in [0.1, 0.15) is 54.1 Å². The first-order valence-corrected chi connectivity index (χ1v) is 6.89. The normalized spacial score (nSPS) is 12.4. The molecule has 0 aliphatic carbocycles. The van der Waals surface area contributed by atoms with E-state index < -0.39 is 0 Å². The van der Waals surface area contributed by atoms with Crippen LogP contribution in [0.15, 0.2) is 18.2 Å². The van der Waals surface area contributed by atoms with Gasteiger partial charge in [0.25, 0.3) is 0 Å². The Bertz CT molecular complexity index is 398. The van der Waals surface area contributed by atoms with Gasteiger partial charge in [0.15, 0.2) is 5.78 Å². The Kier molecular flexibility index (Phi) is 6.06. The van der Waals surface area contributed by atoms with E-state index in [1.54, 1.807) is 0 Å². The van der Waals surface area contributed by atoms with Crippen molar-refractivity contribution in [2.24, 2.45) is 11.7 Å². The van der Waals surface area contributed by atoms with Crippen molar-refractivity contribution in [2.45, 2.75) is 46.5 Å². The minimum Gasteiger partial charge on any atom is -0.330 e. The van der Waals surface area contributed by atoms with Crippen LogP contribution in [0.2, 0.25) is 0 Å². The fourth-order valence-electron chi connectivity index (χ4n) is 2.29. The molecule has 0 aromatic heterocycles. The first-order valence-electron chi connectivity index (χ1n) is 6.89. The number of rotatable bonds is 7. The van der Waals surface area contributed by atoms with Gasteiger partial charge in [-0.2, -0.15) is 0 Å². The summed E-state index contributed by atoms with van der Waals surface area (Å²) in [5, 5.41) is 0. The van der Waals surface area contributed by atoms with E-state index in [0.717, 1.165) is 42.5 Å². The van der Waals surface area contributed by atoms with Gasteiger partial charge in [-0.25, -0.2) is 0 Å². The highest BCUT2D eigenvalue weighted by Gasteiger charge is 2.12. The van der Waals surface area contributed by atoms with Gasteiger partial charge >= 0.3 is 0 Å². The molecule has 0 heterocycles. The highest BCUT2D eigenvalue weighted by Crippen LogP contribution is 2.19. The molecular weight excluding hydrogens is 222 g/mol. The van der Waals surface area contributed by atoms with Crippen LogP contribution in [0.25, 0.3) is 0 Å². The molecular formula is C16H25NO. The van der Waals surface area contributed by atoms with Crippen LogP contribution < -0.4 is 5.73 Å². The Hall–Kier alpha value is -1.15. The number of nitrogens with two attached hydrogens (primary N) is 1. The van der Waals surface area contributed by atoms with E-state index in [0.29, 0.717) is 12.3 Å². The standard InChI is InChI=1S/C16H25NO/c1-4-14(9-10-17)7-8-16(18)15-11-12(2)5-6-13(15)3/h5-6,11,14H,4,7-10,17H2,1-3H3. The third-order valence-corrected chi connectivity index (χ3v) is 3.63. The topological polar surface area (TPSA) is 43.1 Å². The van der Waals surface area contributed by atoms with Crippen LogP contribution >= 0.6 is 0 Å². The Morgan fingerprint density at radius 3 is 2.61 bits per heavy atom. The van der Waals surface area contributed by atoms with Crippen molar-refractivity contribution in [1.29, 1.82) is 0 Å². The molecule has 0 fully saturated rings. The number of hydrogen-bond acceptors (Lipinski definition) is 2. The summed E-state index contributed by atoms with van der Waals surface area (Å²) in [7, 11) is 0. The van der Waals surface area contributed by atoms with Crippen molar-refractivity contribution in [3.05, 3.63) is 34.9 Å². The number of carbonyl (C=O) groups is 1. The van der Waals surface area contributed by atoms with Crippen molar-refractivity contribution < 1.29 is 4.79 Å².